The number of methoxy groups -OCH3 is 1. The highest BCUT2D eigenvalue weighted by Crippen LogP contribution is 2.32. The van der Waals surface area contributed by atoms with Gasteiger partial charge in [-0.15, -0.1) is 0 Å². The first-order valence-corrected chi connectivity index (χ1v) is 9.63. The van der Waals surface area contributed by atoms with E-state index in [1.807, 2.05) is 60.7 Å². The normalized spacial score (nSPS) is 15.8. The van der Waals surface area contributed by atoms with Crippen LogP contribution in [0, 0.1) is 6.92 Å². The van der Waals surface area contributed by atoms with Crippen LogP contribution in [0.1, 0.15) is 23.3 Å². The molecular formula is C24H22N2O4. The zero-order valence-electron chi connectivity index (χ0n) is 16.8. The molecule has 0 saturated carbocycles. The third kappa shape index (κ3) is 3.98. The quantitative estimate of drug-likeness (QED) is 0.662. The number of nitrogens with zero attached hydrogens (tertiary/aromatic N) is 1. The number of aliphatic imine (C=N–C) groups is 1. The van der Waals surface area contributed by atoms with Gasteiger partial charge in [0.15, 0.2) is 0 Å². The van der Waals surface area contributed by atoms with E-state index in [-0.39, 0.29) is 17.4 Å². The number of para-hydroxylation sites is 3. The Morgan fingerprint density at radius 2 is 1.97 bits per heavy atom. The second-order valence-electron chi connectivity index (χ2n) is 7.04. The second kappa shape index (κ2) is 8.29. The fraction of sp³-hybridized carbons (Fsp3) is 0.167. The van der Waals surface area contributed by atoms with Crippen LogP contribution in [0.2, 0.25) is 0 Å². The van der Waals surface area contributed by atoms with Crippen molar-refractivity contribution in [3.63, 3.8) is 0 Å². The zero-order chi connectivity index (χ0) is 21.1. The van der Waals surface area contributed by atoms with Crippen molar-refractivity contribution in [2.45, 2.75) is 19.4 Å². The van der Waals surface area contributed by atoms with Crippen molar-refractivity contribution < 1.29 is 14.3 Å². The molecule has 0 bridgehead atoms. The number of hydrogen-bond acceptors (Lipinski definition) is 6. The lowest BCUT2D eigenvalue weighted by Crippen LogP contribution is -2.23. The molecule has 3 aromatic rings. The van der Waals surface area contributed by atoms with Crippen molar-refractivity contribution in [2.75, 3.05) is 12.4 Å². The summed E-state index contributed by atoms with van der Waals surface area (Å²) in [5, 5.41) is 13.9. The molecule has 2 N–H and O–H groups in total. The van der Waals surface area contributed by atoms with Crippen molar-refractivity contribution in [2.24, 2.45) is 4.99 Å². The molecule has 1 unspecified atom stereocenters. The lowest BCUT2D eigenvalue weighted by Gasteiger charge is -2.15. The summed E-state index contributed by atoms with van der Waals surface area (Å²) in [5.74, 6) is 0.990. The molecule has 0 fully saturated rings. The number of anilines is 1. The van der Waals surface area contributed by atoms with Crippen LogP contribution in [-0.2, 0) is 0 Å². The molecule has 0 spiro atoms. The first kappa shape index (κ1) is 19.5. The molecule has 6 nitrogen and oxygen atoms in total. The monoisotopic (exact) mass is 402 g/mol. The van der Waals surface area contributed by atoms with Crippen LogP contribution in [0.25, 0.3) is 6.08 Å². The summed E-state index contributed by atoms with van der Waals surface area (Å²) < 4.78 is 10.6. The van der Waals surface area contributed by atoms with E-state index in [0.29, 0.717) is 23.6 Å². The van der Waals surface area contributed by atoms with E-state index >= 15 is 0 Å². The predicted octanol–water partition coefficient (Wildman–Crippen LogP) is 4.68. The summed E-state index contributed by atoms with van der Waals surface area (Å²) >= 11 is 0. The van der Waals surface area contributed by atoms with Gasteiger partial charge in [0.1, 0.15) is 22.8 Å². The fourth-order valence-electron chi connectivity index (χ4n) is 3.50. The van der Waals surface area contributed by atoms with E-state index in [9.17, 15) is 9.90 Å². The molecule has 1 atom stereocenters. The van der Waals surface area contributed by atoms with Gasteiger partial charge >= 0.3 is 5.63 Å². The third-order valence-electron chi connectivity index (χ3n) is 4.90. The van der Waals surface area contributed by atoms with Crippen molar-refractivity contribution in [3.05, 3.63) is 88.0 Å². The van der Waals surface area contributed by atoms with Gasteiger partial charge in [0, 0.05) is 18.1 Å². The standard InChI is InChI=1S/C24H22N2O4/c1-15-13-21(27)23(24(28)30-15)20-14-17(25-18-8-4-5-9-19(18)26-20)12-11-16-7-3-6-10-22(16)29-2/h3-13,17,25,27H,14H2,1-2H3. The SMILES string of the molecule is COc1ccccc1C=CC1CC(c2c(O)cc(C)oc2=O)=Nc2ccccc2N1. The Kier molecular flexibility index (Phi) is 5.39. The summed E-state index contributed by atoms with van der Waals surface area (Å²) in [5.41, 5.74) is 2.44. The highest BCUT2D eigenvalue weighted by Gasteiger charge is 2.23. The van der Waals surface area contributed by atoms with Crippen LogP contribution >= 0.6 is 0 Å². The molecule has 152 valence electrons. The molecule has 0 amide bonds. The number of hydrogen-bond donors (Lipinski definition) is 2. The van der Waals surface area contributed by atoms with Gasteiger partial charge in [0.25, 0.3) is 0 Å². The largest absolute Gasteiger partial charge is 0.507 e. The van der Waals surface area contributed by atoms with Gasteiger partial charge in [0.2, 0.25) is 0 Å². The Bertz CT molecular complexity index is 1190. The van der Waals surface area contributed by atoms with Crippen LogP contribution in [0.3, 0.4) is 0 Å². The smallest absolute Gasteiger partial charge is 0.348 e. The molecule has 0 radical (unpaired) electrons. The molecule has 1 aliphatic rings. The first-order valence-electron chi connectivity index (χ1n) is 9.63. The van der Waals surface area contributed by atoms with Gasteiger partial charge in [-0.05, 0) is 25.1 Å². The highest BCUT2D eigenvalue weighted by atomic mass is 16.5. The Labute approximate surface area is 174 Å². The van der Waals surface area contributed by atoms with Crippen LogP contribution < -0.4 is 15.7 Å². The molecule has 2 heterocycles. The molecule has 6 heteroatoms. The molecule has 0 saturated heterocycles. The van der Waals surface area contributed by atoms with E-state index in [1.54, 1.807) is 14.0 Å². The summed E-state index contributed by atoms with van der Waals surface area (Å²) in [6.07, 6.45) is 4.36. The maximum atomic E-state index is 12.5. The topological polar surface area (TPSA) is 84.1 Å². The van der Waals surface area contributed by atoms with Gasteiger partial charge in [-0.2, -0.15) is 0 Å². The van der Waals surface area contributed by atoms with Gasteiger partial charge in [-0.1, -0.05) is 42.5 Å². The van der Waals surface area contributed by atoms with Crippen LogP contribution in [0.15, 0.2) is 74.9 Å². The molecule has 30 heavy (non-hydrogen) atoms. The number of benzene rings is 2. The summed E-state index contributed by atoms with van der Waals surface area (Å²) in [4.78, 5) is 17.2. The summed E-state index contributed by atoms with van der Waals surface area (Å²) in [6.45, 7) is 1.62. The molecular weight excluding hydrogens is 380 g/mol. The lowest BCUT2D eigenvalue weighted by molar-refractivity contribution is 0.414. The Morgan fingerprint density at radius 1 is 1.20 bits per heavy atom. The maximum absolute atomic E-state index is 12.5. The average molecular weight is 402 g/mol. The van der Waals surface area contributed by atoms with E-state index in [1.165, 1.54) is 6.07 Å². The Morgan fingerprint density at radius 3 is 2.77 bits per heavy atom. The number of rotatable bonds is 4. The second-order valence-corrected chi connectivity index (χ2v) is 7.04. The van der Waals surface area contributed by atoms with Crippen LogP contribution in [-0.4, -0.2) is 24.0 Å². The highest BCUT2D eigenvalue weighted by molar-refractivity contribution is 6.05. The van der Waals surface area contributed by atoms with E-state index in [4.69, 9.17) is 9.15 Å². The van der Waals surface area contributed by atoms with Gasteiger partial charge < -0.3 is 19.6 Å². The van der Waals surface area contributed by atoms with Crippen LogP contribution in [0.5, 0.6) is 11.5 Å². The third-order valence-corrected chi connectivity index (χ3v) is 4.90. The predicted molar refractivity (Wildman–Crippen MR) is 118 cm³/mol. The molecule has 0 aliphatic carbocycles. The maximum Gasteiger partial charge on any atom is 0.348 e. The summed E-state index contributed by atoms with van der Waals surface area (Å²) in [7, 11) is 1.64. The summed E-state index contributed by atoms with van der Waals surface area (Å²) in [6, 6.07) is 16.6. The van der Waals surface area contributed by atoms with E-state index in [2.05, 4.69) is 10.3 Å². The first-order chi connectivity index (χ1) is 14.5. The van der Waals surface area contributed by atoms with Gasteiger partial charge in [-0.25, -0.2) is 4.79 Å². The number of ether oxygens (including phenoxy) is 1. The molecule has 1 aromatic heterocycles. The fourth-order valence-corrected chi connectivity index (χ4v) is 3.50. The van der Waals surface area contributed by atoms with Crippen molar-refractivity contribution in [1.82, 2.24) is 0 Å². The number of nitrogens with one attached hydrogen (secondary N) is 1. The Balaban J connectivity index is 1.76. The average Bonchev–Trinajstić information content (AvgIpc) is 2.90. The number of aromatic hydroxyl groups is 1. The van der Waals surface area contributed by atoms with Crippen LogP contribution in [0.4, 0.5) is 11.4 Å². The van der Waals surface area contributed by atoms with Crippen molar-refractivity contribution in [1.29, 1.82) is 0 Å². The molecule has 4 rings (SSSR count). The lowest BCUT2D eigenvalue weighted by atomic mass is 10.0. The number of fused-ring (bicyclic) bond motifs is 1. The van der Waals surface area contributed by atoms with Crippen molar-refractivity contribution >= 4 is 23.2 Å². The van der Waals surface area contributed by atoms with Gasteiger partial charge in [-0.3, -0.25) is 4.99 Å². The minimum absolute atomic E-state index is 0.0924. The van der Waals surface area contributed by atoms with Gasteiger partial charge in [0.05, 0.1) is 30.2 Å². The zero-order valence-corrected chi connectivity index (χ0v) is 16.8. The van der Waals surface area contributed by atoms with E-state index in [0.717, 1.165) is 17.0 Å². The van der Waals surface area contributed by atoms with Crippen molar-refractivity contribution in [3.8, 4) is 11.5 Å². The van der Waals surface area contributed by atoms with E-state index < -0.39 is 5.63 Å². The molecule has 1 aliphatic heterocycles. The number of aryl methyl sites for hydroxylation is 1. The Hall–Kier alpha value is -3.80. The molecule has 2 aromatic carbocycles. The minimum atomic E-state index is -0.599. The minimum Gasteiger partial charge on any atom is -0.507 e.